The zero-order chi connectivity index (χ0) is 14.3. The van der Waals surface area contributed by atoms with Crippen LogP contribution in [0, 0.1) is 17.8 Å². The van der Waals surface area contributed by atoms with Crippen molar-refractivity contribution >= 4 is 18.3 Å². The Morgan fingerprint density at radius 3 is 2.05 bits per heavy atom. The molecule has 4 nitrogen and oxygen atoms in total. The minimum atomic E-state index is -0.451. The number of nitrogens with one attached hydrogen (secondary N) is 1. The minimum absolute atomic E-state index is 0. The van der Waals surface area contributed by atoms with Crippen molar-refractivity contribution in [3.63, 3.8) is 0 Å². The van der Waals surface area contributed by atoms with Gasteiger partial charge in [-0.25, -0.2) is 0 Å². The maximum atomic E-state index is 12.6. The number of amides is 1. The molecule has 0 aliphatic heterocycles. The molecule has 4 rings (SSSR count). The second kappa shape index (κ2) is 6.43. The molecule has 1 amide bonds. The number of ether oxygens (including phenoxy) is 1. The molecular weight excluding hydrogens is 288 g/mol. The van der Waals surface area contributed by atoms with E-state index in [4.69, 9.17) is 4.74 Å². The van der Waals surface area contributed by atoms with Gasteiger partial charge < -0.3 is 10.1 Å². The Balaban J connectivity index is 0.00000161. The number of likely N-dealkylation sites (N-methyl/N-ethyl adjacent to an activating group) is 1. The van der Waals surface area contributed by atoms with Crippen molar-refractivity contribution in [2.45, 2.75) is 57.2 Å². The van der Waals surface area contributed by atoms with Gasteiger partial charge in [0.25, 0.3) is 5.91 Å². The fraction of sp³-hybridized carbons (Fsp3) is 0.938. The van der Waals surface area contributed by atoms with Crippen molar-refractivity contribution < 1.29 is 9.53 Å². The van der Waals surface area contributed by atoms with Gasteiger partial charge in [-0.15, -0.1) is 12.4 Å². The van der Waals surface area contributed by atoms with Crippen LogP contribution >= 0.6 is 12.4 Å². The maximum absolute atomic E-state index is 12.6. The quantitative estimate of drug-likeness (QED) is 0.792. The van der Waals surface area contributed by atoms with Crippen LogP contribution in [0.2, 0.25) is 0 Å². The molecule has 0 aromatic heterocycles. The summed E-state index contributed by atoms with van der Waals surface area (Å²) in [5, 5.41) is 3.39. The molecule has 4 saturated carbocycles. The van der Waals surface area contributed by atoms with E-state index in [1.54, 1.807) is 0 Å². The molecule has 0 heterocycles. The van der Waals surface area contributed by atoms with Gasteiger partial charge in [-0.05, 0) is 77.3 Å². The average molecular weight is 317 g/mol. The molecule has 0 aromatic rings. The van der Waals surface area contributed by atoms with Gasteiger partial charge in [0.1, 0.15) is 0 Å². The largest absolute Gasteiger partial charge is 0.354 e. The lowest BCUT2D eigenvalue weighted by Gasteiger charge is -2.57. The molecule has 1 atom stereocenters. The van der Waals surface area contributed by atoms with Crippen LogP contribution in [0.5, 0.6) is 0 Å². The Bertz CT molecular complexity index is 351. The Labute approximate surface area is 134 Å². The fourth-order valence-electron chi connectivity index (χ4n) is 5.20. The van der Waals surface area contributed by atoms with Crippen molar-refractivity contribution in [3.05, 3.63) is 0 Å². The van der Waals surface area contributed by atoms with Crippen LogP contribution in [0.15, 0.2) is 0 Å². The van der Waals surface area contributed by atoms with Crippen LogP contribution in [-0.4, -0.2) is 43.3 Å². The topological polar surface area (TPSA) is 41.6 Å². The van der Waals surface area contributed by atoms with Crippen molar-refractivity contribution in [1.82, 2.24) is 10.2 Å². The van der Waals surface area contributed by atoms with Gasteiger partial charge in [0.05, 0.1) is 0 Å². The SMILES string of the molecule is CCOC(C(=O)NC12CC3CC(CC(C3)C1)C2)N(C)C.Cl. The number of hydrogen-bond donors (Lipinski definition) is 1. The van der Waals surface area contributed by atoms with Crippen LogP contribution < -0.4 is 5.32 Å². The van der Waals surface area contributed by atoms with E-state index >= 15 is 0 Å². The molecule has 0 aromatic carbocycles. The number of carbonyl (C=O) groups excluding carboxylic acids is 1. The first-order valence-electron chi connectivity index (χ1n) is 8.11. The van der Waals surface area contributed by atoms with E-state index in [9.17, 15) is 4.79 Å². The highest BCUT2D eigenvalue weighted by Gasteiger charge is 2.52. The summed E-state index contributed by atoms with van der Waals surface area (Å²) >= 11 is 0. The third-order valence-electron chi connectivity index (χ3n) is 5.44. The highest BCUT2D eigenvalue weighted by Crippen LogP contribution is 2.55. The summed E-state index contributed by atoms with van der Waals surface area (Å²) in [5.41, 5.74) is 0.0806. The van der Waals surface area contributed by atoms with E-state index < -0.39 is 6.23 Å². The van der Waals surface area contributed by atoms with Crippen molar-refractivity contribution in [2.75, 3.05) is 20.7 Å². The van der Waals surface area contributed by atoms with E-state index in [2.05, 4.69) is 5.32 Å². The molecular formula is C16H29ClN2O2. The second-order valence-electron chi connectivity index (χ2n) is 7.46. The summed E-state index contributed by atoms with van der Waals surface area (Å²) in [6, 6.07) is 0. The molecule has 4 fully saturated rings. The van der Waals surface area contributed by atoms with Crippen LogP contribution in [0.25, 0.3) is 0 Å². The van der Waals surface area contributed by atoms with Crippen LogP contribution in [0.3, 0.4) is 0 Å². The molecule has 5 heteroatoms. The molecule has 0 spiro atoms. The molecule has 0 saturated heterocycles. The monoisotopic (exact) mass is 316 g/mol. The van der Waals surface area contributed by atoms with Gasteiger partial charge in [-0.2, -0.15) is 0 Å². The molecule has 21 heavy (non-hydrogen) atoms. The Morgan fingerprint density at radius 1 is 1.19 bits per heavy atom. The third-order valence-corrected chi connectivity index (χ3v) is 5.44. The molecule has 1 N–H and O–H groups in total. The van der Waals surface area contributed by atoms with Gasteiger partial charge in [-0.1, -0.05) is 0 Å². The molecule has 1 unspecified atom stereocenters. The highest BCUT2D eigenvalue weighted by molar-refractivity contribution is 5.85. The fourth-order valence-corrected chi connectivity index (χ4v) is 5.20. The Kier molecular flexibility index (Phi) is 5.22. The zero-order valence-electron chi connectivity index (χ0n) is 13.4. The average Bonchev–Trinajstić information content (AvgIpc) is 2.32. The van der Waals surface area contributed by atoms with E-state index in [1.165, 1.54) is 38.5 Å². The lowest BCUT2D eigenvalue weighted by Crippen LogP contribution is -2.62. The van der Waals surface area contributed by atoms with E-state index in [0.29, 0.717) is 6.61 Å². The van der Waals surface area contributed by atoms with Gasteiger partial charge in [0, 0.05) is 12.1 Å². The number of halogens is 1. The smallest absolute Gasteiger partial charge is 0.264 e. The van der Waals surface area contributed by atoms with Crippen LogP contribution in [-0.2, 0) is 9.53 Å². The zero-order valence-corrected chi connectivity index (χ0v) is 14.2. The van der Waals surface area contributed by atoms with Gasteiger partial charge in [0.2, 0.25) is 0 Å². The first-order chi connectivity index (χ1) is 9.51. The van der Waals surface area contributed by atoms with Gasteiger partial charge in [-0.3, -0.25) is 9.69 Å². The molecule has 4 aliphatic carbocycles. The first kappa shape index (κ1) is 17.0. The van der Waals surface area contributed by atoms with E-state index in [0.717, 1.165) is 17.8 Å². The number of nitrogens with zero attached hydrogens (tertiary/aromatic N) is 1. The molecule has 122 valence electrons. The van der Waals surface area contributed by atoms with Gasteiger partial charge >= 0.3 is 0 Å². The predicted octanol–water partition coefficient (Wildman–Crippen LogP) is 2.42. The second-order valence-corrected chi connectivity index (χ2v) is 7.46. The van der Waals surface area contributed by atoms with Crippen molar-refractivity contribution in [3.8, 4) is 0 Å². The summed E-state index contributed by atoms with van der Waals surface area (Å²) in [7, 11) is 3.80. The molecule has 4 bridgehead atoms. The lowest BCUT2D eigenvalue weighted by atomic mass is 9.53. The normalized spacial score (nSPS) is 38.2. The number of hydrogen-bond acceptors (Lipinski definition) is 3. The molecule has 4 aliphatic rings. The minimum Gasteiger partial charge on any atom is -0.354 e. The summed E-state index contributed by atoms with van der Waals surface area (Å²) < 4.78 is 5.59. The number of carbonyl (C=O) groups is 1. The highest BCUT2D eigenvalue weighted by atomic mass is 35.5. The summed E-state index contributed by atoms with van der Waals surface area (Å²) in [4.78, 5) is 14.4. The summed E-state index contributed by atoms with van der Waals surface area (Å²) in [5.74, 6) is 2.61. The predicted molar refractivity (Wildman–Crippen MR) is 85.4 cm³/mol. The summed E-state index contributed by atoms with van der Waals surface area (Å²) in [6.45, 7) is 2.51. The lowest BCUT2D eigenvalue weighted by molar-refractivity contribution is -0.148. The van der Waals surface area contributed by atoms with E-state index in [-0.39, 0.29) is 23.9 Å². The van der Waals surface area contributed by atoms with Crippen molar-refractivity contribution in [2.24, 2.45) is 17.8 Å². The first-order valence-corrected chi connectivity index (χ1v) is 8.11. The standard InChI is InChI=1S/C16H28N2O2.ClH/c1-4-20-15(18(2)3)14(19)17-16-8-11-5-12(9-16)7-13(6-11)10-16;/h11-13,15H,4-10H2,1-3H3,(H,17,19);1H. The maximum Gasteiger partial charge on any atom is 0.264 e. The van der Waals surface area contributed by atoms with E-state index in [1.807, 2.05) is 25.9 Å². The van der Waals surface area contributed by atoms with Crippen LogP contribution in [0.1, 0.15) is 45.4 Å². The Morgan fingerprint density at radius 2 is 1.67 bits per heavy atom. The Hall–Kier alpha value is -0.320. The van der Waals surface area contributed by atoms with Crippen LogP contribution in [0.4, 0.5) is 0 Å². The number of rotatable bonds is 5. The molecule has 0 radical (unpaired) electrons. The van der Waals surface area contributed by atoms with Gasteiger partial charge in [0.15, 0.2) is 6.23 Å². The van der Waals surface area contributed by atoms with Crippen molar-refractivity contribution in [1.29, 1.82) is 0 Å². The summed E-state index contributed by atoms with van der Waals surface area (Å²) in [6.07, 6.45) is 7.32. The third kappa shape index (κ3) is 3.38.